The highest BCUT2D eigenvalue weighted by molar-refractivity contribution is 5.32. The molecule has 1 fully saturated rings. The van der Waals surface area contributed by atoms with Crippen molar-refractivity contribution in [3.63, 3.8) is 0 Å². The molecule has 1 aromatic carbocycles. The summed E-state index contributed by atoms with van der Waals surface area (Å²) >= 11 is 0. The predicted octanol–water partition coefficient (Wildman–Crippen LogP) is 3.22. The topological polar surface area (TPSA) is 21.3 Å². The molecule has 1 aliphatic carbocycles. The van der Waals surface area contributed by atoms with Crippen molar-refractivity contribution in [2.75, 3.05) is 13.2 Å². The van der Waals surface area contributed by atoms with Gasteiger partial charge in [0.25, 0.3) is 0 Å². The van der Waals surface area contributed by atoms with Crippen molar-refractivity contribution in [1.29, 1.82) is 0 Å². The van der Waals surface area contributed by atoms with Gasteiger partial charge in [0.05, 0.1) is 6.10 Å². The summed E-state index contributed by atoms with van der Waals surface area (Å²) in [6, 6.07) is 9.43. The van der Waals surface area contributed by atoms with E-state index in [1.807, 2.05) is 0 Å². The summed E-state index contributed by atoms with van der Waals surface area (Å²) in [5, 5.41) is 3.72. The number of aryl methyl sites for hydroxylation is 1. The SMILES string of the molecule is c1ccc2c(c1)CCCC2NCC1CCCCO1. The van der Waals surface area contributed by atoms with E-state index in [2.05, 4.69) is 29.6 Å². The zero-order valence-electron chi connectivity index (χ0n) is 11.0. The van der Waals surface area contributed by atoms with E-state index in [0.29, 0.717) is 12.1 Å². The maximum absolute atomic E-state index is 5.79. The van der Waals surface area contributed by atoms with E-state index in [1.54, 1.807) is 0 Å². The molecule has 1 aliphatic heterocycles. The van der Waals surface area contributed by atoms with Crippen LogP contribution in [0.25, 0.3) is 0 Å². The van der Waals surface area contributed by atoms with Crippen LogP contribution in [0.5, 0.6) is 0 Å². The van der Waals surface area contributed by atoms with Gasteiger partial charge >= 0.3 is 0 Å². The molecule has 0 aromatic heterocycles. The number of hydrogen-bond acceptors (Lipinski definition) is 2. The van der Waals surface area contributed by atoms with Crippen LogP contribution in [0, 0.1) is 0 Å². The third-order valence-electron chi connectivity index (χ3n) is 4.24. The first-order chi connectivity index (χ1) is 8.93. The monoisotopic (exact) mass is 245 g/mol. The molecule has 1 saturated heterocycles. The average Bonchev–Trinajstić information content (AvgIpc) is 2.46. The fourth-order valence-corrected chi connectivity index (χ4v) is 3.21. The number of ether oxygens (including phenoxy) is 1. The van der Waals surface area contributed by atoms with E-state index >= 15 is 0 Å². The summed E-state index contributed by atoms with van der Waals surface area (Å²) in [4.78, 5) is 0. The predicted molar refractivity (Wildman–Crippen MR) is 73.7 cm³/mol. The summed E-state index contributed by atoms with van der Waals surface area (Å²) in [6.07, 6.45) is 8.04. The summed E-state index contributed by atoms with van der Waals surface area (Å²) < 4.78 is 5.79. The number of fused-ring (bicyclic) bond motifs is 1. The van der Waals surface area contributed by atoms with Gasteiger partial charge < -0.3 is 10.1 Å². The molecule has 2 aliphatic rings. The van der Waals surface area contributed by atoms with Gasteiger partial charge in [-0.05, 0) is 49.7 Å². The normalized spacial score (nSPS) is 27.8. The van der Waals surface area contributed by atoms with Gasteiger partial charge in [0, 0.05) is 19.2 Å². The molecule has 2 nitrogen and oxygen atoms in total. The summed E-state index contributed by atoms with van der Waals surface area (Å²) in [6.45, 7) is 1.96. The molecule has 3 rings (SSSR count). The van der Waals surface area contributed by atoms with Crippen LogP contribution in [0.15, 0.2) is 24.3 Å². The minimum absolute atomic E-state index is 0.438. The third kappa shape index (κ3) is 2.76. The van der Waals surface area contributed by atoms with Gasteiger partial charge in [-0.1, -0.05) is 24.3 Å². The van der Waals surface area contributed by atoms with Crippen molar-refractivity contribution in [3.8, 4) is 0 Å². The zero-order chi connectivity index (χ0) is 12.2. The molecule has 0 bridgehead atoms. The second-order valence-electron chi connectivity index (χ2n) is 5.54. The highest BCUT2D eigenvalue weighted by atomic mass is 16.5. The van der Waals surface area contributed by atoms with Crippen LogP contribution < -0.4 is 5.32 Å². The van der Waals surface area contributed by atoms with E-state index < -0.39 is 0 Å². The summed E-state index contributed by atoms with van der Waals surface area (Å²) in [5.74, 6) is 0. The first kappa shape index (κ1) is 12.2. The fourth-order valence-electron chi connectivity index (χ4n) is 3.21. The molecule has 2 atom stereocenters. The van der Waals surface area contributed by atoms with Crippen molar-refractivity contribution in [2.45, 2.75) is 50.7 Å². The van der Waals surface area contributed by atoms with Crippen molar-refractivity contribution in [2.24, 2.45) is 0 Å². The molecule has 0 saturated carbocycles. The molecule has 0 amide bonds. The largest absolute Gasteiger partial charge is 0.377 e. The Hall–Kier alpha value is -0.860. The van der Waals surface area contributed by atoms with Crippen molar-refractivity contribution in [3.05, 3.63) is 35.4 Å². The molecular weight excluding hydrogens is 222 g/mol. The lowest BCUT2D eigenvalue weighted by Gasteiger charge is -2.29. The highest BCUT2D eigenvalue weighted by Crippen LogP contribution is 2.29. The van der Waals surface area contributed by atoms with Crippen LogP contribution in [0.4, 0.5) is 0 Å². The Morgan fingerprint density at radius 1 is 1.11 bits per heavy atom. The summed E-state index contributed by atoms with van der Waals surface area (Å²) in [5.41, 5.74) is 3.05. The number of rotatable bonds is 3. The standard InChI is InChI=1S/C16H23NO/c1-2-9-15-13(6-1)7-5-10-16(15)17-12-14-8-3-4-11-18-14/h1-2,6,9,14,16-17H,3-5,7-8,10-12H2. The molecule has 2 heteroatoms. The Balaban J connectivity index is 1.60. The maximum Gasteiger partial charge on any atom is 0.0699 e. The quantitative estimate of drug-likeness (QED) is 0.883. The Morgan fingerprint density at radius 2 is 2.06 bits per heavy atom. The Labute approximate surface area is 110 Å². The van der Waals surface area contributed by atoms with Gasteiger partial charge in [0.1, 0.15) is 0 Å². The number of benzene rings is 1. The number of nitrogens with one attached hydrogen (secondary N) is 1. The lowest BCUT2D eigenvalue weighted by atomic mass is 9.87. The Kier molecular flexibility index (Phi) is 3.96. The third-order valence-corrected chi connectivity index (χ3v) is 4.24. The lowest BCUT2D eigenvalue weighted by molar-refractivity contribution is 0.0150. The minimum Gasteiger partial charge on any atom is -0.377 e. The molecule has 2 unspecified atom stereocenters. The Morgan fingerprint density at radius 3 is 2.94 bits per heavy atom. The van der Waals surface area contributed by atoms with Crippen molar-refractivity contribution in [1.82, 2.24) is 5.32 Å². The highest BCUT2D eigenvalue weighted by Gasteiger charge is 2.21. The van der Waals surface area contributed by atoms with E-state index in [1.165, 1.54) is 49.7 Å². The molecule has 1 N–H and O–H groups in total. The van der Waals surface area contributed by atoms with Gasteiger partial charge in [-0.25, -0.2) is 0 Å². The van der Waals surface area contributed by atoms with Gasteiger partial charge in [0.15, 0.2) is 0 Å². The van der Waals surface area contributed by atoms with E-state index in [-0.39, 0.29) is 0 Å². The van der Waals surface area contributed by atoms with Crippen molar-refractivity contribution >= 4 is 0 Å². The minimum atomic E-state index is 0.438. The smallest absolute Gasteiger partial charge is 0.0699 e. The number of hydrogen-bond donors (Lipinski definition) is 1. The lowest BCUT2D eigenvalue weighted by Crippen LogP contribution is -2.35. The molecule has 1 aromatic rings. The molecule has 98 valence electrons. The zero-order valence-corrected chi connectivity index (χ0v) is 11.0. The second-order valence-corrected chi connectivity index (χ2v) is 5.54. The van der Waals surface area contributed by atoms with Crippen molar-refractivity contribution < 1.29 is 4.74 Å². The van der Waals surface area contributed by atoms with Crippen LogP contribution in [-0.2, 0) is 11.2 Å². The first-order valence-electron chi connectivity index (χ1n) is 7.36. The molecule has 0 radical (unpaired) electrons. The van der Waals surface area contributed by atoms with Crippen LogP contribution in [0.1, 0.15) is 49.3 Å². The van der Waals surface area contributed by atoms with E-state index in [9.17, 15) is 0 Å². The summed E-state index contributed by atoms with van der Waals surface area (Å²) in [7, 11) is 0. The van der Waals surface area contributed by atoms with Gasteiger partial charge in [-0.3, -0.25) is 0 Å². The van der Waals surface area contributed by atoms with Crippen LogP contribution >= 0.6 is 0 Å². The van der Waals surface area contributed by atoms with E-state index in [4.69, 9.17) is 4.74 Å². The fraction of sp³-hybridized carbons (Fsp3) is 0.625. The van der Waals surface area contributed by atoms with Gasteiger partial charge in [-0.15, -0.1) is 0 Å². The molecular formula is C16H23NO. The van der Waals surface area contributed by atoms with Gasteiger partial charge in [-0.2, -0.15) is 0 Å². The molecule has 18 heavy (non-hydrogen) atoms. The second kappa shape index (κ2) is 5.85. The molecule has 0 spiro atoms. The Bertz CT molecular complexity index is 384. The van der Waals surface area contributed by atoms with Crippen LogP contribution in [0.3, 0.4) is 0 Å². The van der Waals surface area contributed by atoms with Crippen LogP contribution in [-0.4, -0.2) is 19.3 Å². The first-order valence-corrected chi connectivity index (χ1v) is 7.36. The van der Waals surface area contributed by atoms with E-state index in [0.717, 1.165) is 13.2 Å². The van der Waals surface area contributed by atoms with Gasteiger partial charge in [0.2, 0.25) is 0 Å². The maximum atomic E-state index is 5.79. The van der Waals surface area contributed by atoms with Crippen LogP contribution in [0.2, 0.25) is 0 Å². The molecule has 1 heterocycles. The average molecular weight is 245 g/mol.